The molecule has 0 aliphatic rings. The van der Waals surface area contributed by atoms with Crippen molar-refractivity contribution in [3.8, 4) is 11.5 Å². The molecule has 0 saturated carbocycles. The van der Waals surface area contributed by atoms with Crippen molar-refractivity contribution in [1.29, 1.82) is 0 Å². The highest BCUT2D eigenvalue weighted by Gasteiger charge is 2.15. The second kappa shape index (κ2) is 9.36. The van der Waals surface area contributed by atoms with Crippen LogP contribution >= 0.6 is 0 Å². The van der Waals surface area contributed by atoms with Crippen molar-refractivity contribution in [2.45, 2.75) is 58.8 Å². The maximum Gasteiger partial charge on any atom is 0.170 e. The molecule has 4 nitrogen and oxygen atoms in total. The number of aryl methyl sites for hydroxylation is 1. The average molecular weight is 330 g/mol. The van der Waals surface area contributed by atoms with Gasteiger partial charge in [0.1, 0.15) is 0 Å². The Balaban J connectivity index is 2.02. The second-order valence-corrected chi connectivity index (χ2v) is 6.32. The van der Waals surface area contributed by atoms with E-state index in [0.717, 1.165) is 28.6 Å². The van der Waals surface area contributed by atoms with Gasteiger partial charge in [-0.25, -0.2) is 0 Å². The van der Waals surface area contributed by atoms with Crippen LogP contribution in [0.5, 0.6) is 11.5 Å². The zero-order valence-electron chi connectivity index (χ0n) is 15.2. The summed E-state index contributed by atoms with van der Waals surface area (Å²) in [4.78, 5) is 4.40. The monoisotopic (exact) mass is 330 g/mol. The molecule has 0 unspecified atom stereocenters. The Kier molecular flexibility index (Phi) is 7.16. The fourth-order valence-corrected chi connectivity index (χ4v) is 2.99. The van der Waals surface area contributed by atoms with E-state index in [2.05, 4.69) is 11.9 Å². The van der Waals surface area contributed by atoms with Gasteiger partial charge in [-0.1, -0.05) is 45.4 Å². The number of anilines is 1. The standard InChI is InChI=1S/C20H30N2O2/c1-4-5-6-7-8-9-10-13-24-20-17(23-3)14-16(21)19-18(20)15(2)11-12-22-19/h11-12,14H,4-10,13,21H2,1-3H3. The molecule has 0 bridgehead atoms. The van der Waals surface area contributed by atoms with Gasteiger partial charge < -0.3 is 15.2 Å². The van der Waals surface area contributed by atoms with Crippen LogP contribution in [0.4, 0.5) is 5.69 Å². The molecule has 0 atom stereocenters. The highest BCUT2D eigenvalue weighted by atomic mass is 16.5. The smallest absolute Gasteiger partial charge is 0.170 e. The highest BCUT2D eigenvalue weighted by Crippen LogP contribution is 2.40. The van der Waals surface area contributed by atoms with Crippen LogP contribution in [0.3, 0.4) is 0 Å². The Morgan fingerprint density at radius 1 is 1.08 bits per heavy atom. The lowest BCUT2D eigenvalue weighted by Crippen LogP contribution is -2.03. The van der Waals surface area contributed by atoms with Gasteiger partial charge in [0.25, 0.3) is 0 Å². The van der Waals surface area contributed by atoms with Crippen LogP contribution < -0.4 is 15.2 Å². The number of aromatic nitrogens is 1. The number of hydrogen-bond acceptors (Lipinski definition) is 4. The van der Waals surface area contributed by atoms with E-state index in [1.807, 2.05) is 13.0 Å². The van der Waals surface area contributed by atoms with E-state index in [9.17, 15) is 0 Å². The molecule has 1 heterocycles. The summed E-state index contributed by atoms with van der Waals surface area (Å²) < 4.78 is 11.6. The van der Waals surface area contributed by atoms with Crippen molar-refractivity contribution >= 4 is 16.6 Å². The van der Waals surface area contributed by atoms with Crippen molar-refractivity contribution in [2.24, 2.45) is 0 Å². The predicted octanol–water partition coefficient (Wildman–Crippen LogP) is 5.26. The van der Waals surface area contributed by atoms with Crippen LogP contribution in [0, 0.1) is 6.92 Å². The molecular formula is C20H30N2O2. The van der Waals surface area contributed by atoms with E-state index in [4.69, 9.17) is 15.2 Å². The number of benzene rings is 1. The van der Waals surface area contributed by atoms with E-state index in [0.29, 0.717) is 18.0 Å². The topological polar surface area (TPSA) is 57.4 Å². The summed E-state index contributed by atoms with van der Waals surface area (Å²) >= 11 is 0. The first kappa shape index (κ1) is 18.4. The summed E-state index contributed by atoms with van der Waals surface area (Å²) in [5.74, 6) is 1.44. The van der Waals surface area contributed by atoms with Crippen molar-refractivity contribution in [2.75, 3.05) is 19.5 Å². The number of pyridine rings is 1. The number of nitrogens with zero attached hydrogens (tertiary/aromatic N) is 1. The number of nitrogen functional groups attached to an aromatic ring is 1. The summed E-state index contributed by atoms with van der Waals surface area (Å²) in [6.07, 6.45) is 10.6. The molecule has 0 fully saturated rings. The third-order valence-electron chi connectivity index (χ3n) is 4.38. The lowest BCUT2D eigenvalue weighted by molar-refractivity contribution is 0.288. The second-order valence-electron chi connectivity index (χ2n) is 6.32. The fraction of sp³-hybridized carbons (Fsp3) is 0.550. The van der Waals surface area contributed by atoms with Crippen LogP contribution in [-0.2, 0) is 0 Å². The quantitative estimate of drug-likeness (QED) is 0.476. The third-order valence-corrected chi connectivity index (χ3v) is 4.38. The zero-order valence-corrected chi connectivity index (χ0v) is 15.2. The van der Waals surface area contributed by atoms with Crippen molar-refractivity contribution in [1.82, 2.24) is 4.98 Å². The predicted molar refractivity (Wildman–Crippen MR) is 101 cm³/mol. The Labute approximate surface area is 145 Å². The van der Waals surface area contributed by atoms with Crippen LogP contribution in [-0.4, -0.2) is 18.7 Å². The summed E-state index contributed by atoms with van der Waals surface area (Å²) in [5.41, 5.74) is 8.61. The van der Waals surface area contributed by atoms with Gasteiger partial charge in [-0.05, 0) is 25.0 Å². The lowest BCUT2D eigenvalue weighted by Gasteiger charge is -2.16. The SMILES string of the molecule is CCCCCCCCCOc1c(OC)cc(N)c2nccc(C)c12. The molecule has 0 aliphatic heterocycles. The van der Waals surface area contributed by atoms with Gasteiger partial charge in [0, 0.05) is 12.3 Å². The summed E-state index contributed by atoms with van der Waals surface area (Å²) in [6.45, 7) is 4.98. The molecule has 132 valence electrons. The molecule has 0 radical (unpaired) electrons. The van der Waals surface area contributed by atoms with E-state index in [1.165, 1.54) is 38.5 Å². The van der Waals surface area contributed by atoms with Gasteiger partial charge in [0.2, 0.25) is 0 Å². The maximum absolute atomic E-state index is 6.11. The first-order valence-corrected chi connectivity index (χ1v) is 9.03. The van der Waals surface area contributed by atoms with Gasteiger partial charge in [-0.3, -0.25) is 4.98 Å². The number of ether oxygens (including phenoxy) is 2. The molecule has 2 N–H and O–H groups in total. The largest absolute Gasteiger partial charge is 0.493 e. The van der Waals surface area contributed by atoms with Gasteiger partial charge in [-0.15, -0.1) is 0 Å². The molecule has 2 aromatic rings. The summed E-state index contributed by atoms with van der Waals surface area (Å²) in [6, 6.07) is 3.77. The van der Waals surface area contributed by atoms with Gasteiger partial charge in [0.05, 0.1) is 30.3 Å². The molecule has 0 spiro atoms. The minimum atomic E-state index is 0.619. The minimum absolute atomic E-state index is 0.619. The Bertz CT molecular complexity index is 656. The van der Waals surface area contributed by atoms with Crippen LogP contribution in [0.2, 0.25) is 0 Å². The van der Waals surface area contributed by atoms with Crippen LogP contribution in [0.25, 0.3) is 10.9 Å². The normalized spacial score (nSPS) is 11.0. The molecule has 0 aliphatic carbocycles. The number of methoxy groups -OCH3 is 1. The average Bonchev–Trinajstić information content (AvgIpc) is 2.59. The van der Waals surface area contributed by atoms with Crippen molar-refractivity contribution < 1.29 is 9.47 Å². The first-order chi connectivity index (χ1) is 11.7. The van der Waals surface area contributed by atoms with Gasteiger partial charge in [0.15, 0.2) is 11.5 Å². The fourth-order valence-electron chi connectivity index (χ4n) is 2.99. The molecule has 0 saturated heterocycles. The van der Waals surface area contributed by atoms with Crippen molar-refractivity contribution in [3.63, 3.8) is 0 Å². The van der Waals surface area contributed by atoms with Crippen LogP contribution in [0.15, 0.2) is 18.3 Å². The summed E-state index contributed by atoms with van der Waals surface area (Å²) in [5, 5.41) is 0.956. The van der Waals surface area contributed by atoms with E-state index in [-0.39, 0.29) is 0 Å². The number of fused-ring (bicyclic) bond motifs is 1. The molecule has 24 heavy (non-hydrogen) atoms. The number of unbranched alkanes of at least 4 members (excludes halogenated alkanes) is 6. The highest BCUT2D eigenvalue weighted by molar-refractivity contribution is 5.98. The van der Waals surface area contributed by atoms with Gasteiger partial charge >= 0.3 is 0 Å². The summed E-state index contributed by atoms with van der Waals surface area (Å²) in [7, 11) is 1.65. The minimum Gasteiger partial charge on any atom is -0.493 e. The zero-order chi connectivity index (χ0) is 17.4. The molecule has 0 amide bonds. The third kappa shape index (κ3) is 4.53. The van der Waals surface area contributed by atoms with E-state index >= 15 is 0 Å². The van der Waals surface area contributed by atoms with Crippen LogP contribution in [0.1, 0.15) is 57.4 Å². The molecule has 1 aromatic heterocycles. The number of rotatable bonds is 10. The lowest BCUT2D eigenvalue weighted by atomic mass is 10.1. The van der Waals surface area contributed by atoms with E-state index < -0.39 is 0 Å². The Hall–Kier alpha value is -1.97. The first-order valence-electron chi connectivity index (χ1n) is 9.03. The van der Waals surface area contributed by atoms with E-state index in [1.54, 1.807) is 19.4 Å². The molecule has 4 heteroatoms. The number of nitrogens with two attached hydrogens (primary N) is 1. The molecule has 2 rings (SSSR count). The number of hydrogen-bond donors (Lipinski definition) is 1. The maximum atomic E-state index is 6.11. The Morgan fingerprint density at radius 3 is 2.50 bits per heavy atom. The molecular weight excluding hydrogens is 300 g/mol. The molecule has 1 aromatic carbocycles. The van der Waals surface area contributed by atoms with Crippen molar-refractivity contribution in [3.05, 3.63) is 23.9 Å². The Morgan fingerprint density at radius 2 is 1.79 bits per heavy atom. The van der Waals surface area contributed by atoms with Gasteiger partial charge in [-0.2, -0.15) is 0 Å².